The molecule has 1 heterocycles. The molecule has 0 saturated heterocycles. The van der Waals surface area contributed by atoms with Crippen LogP contribution in [-0.4, -0.2) is 12.5 Å². The lowest BCUT2D eigenvalue weighted by atomic mass is 9.75. The summed E-state index contributed by atoms with van der Waals surface area (Å²) in [5.41, 5.74) is 7.68. The molecule has 0 radical (unpaired) electrons. The summed E-state index contributed by atoms with van der Waals surface area (Å²) < 4.78 is 0. The molecule has 1 aromatic rings. The van der Waals surface area contributed by atoms with Gasteiger partial charge in [-0.25, -0.2) is 0 Å². The Hall–Kier alpha value is -2.48. The first-order valence-corrected chi connectivity index (χ1v) is 10.3. The molecule has 0 amide bonds. The fourth-order valence-corrected chi connectivity index (χ4v) is 4.43. The van der Waals surface area contributed by atoms with Gasteiger partial charge in [0.1, 0.15) is 6.29 Å². The van der Waals surface area contributed by atoms with Crippen LogP contribution in [0.2, 0.25) is 0 Å². The first-order valence-electron chi connectivity index (χ1n) is 10.3. The number of hydrogen-bond acceptors (Lipinski definition) is 2. The number of carbonyl (C=O) groups is 1. The molecule has 28 heavy (non-hydrogen) atoms. The van der Waals surface area contributed by atoms with E-state index in [1.54, 1.807) is 0 Å². The molecule has 4 rings (SSSR count). The topological polar surface area (TPSA) is 29.4 Å². The second kappa shape index (κ2) is 7.50. The van der Waals surface area contributed by atoms with Crippen LogP contribution >= 0.6 is 0 Å². The third-order valence-electron chi connectivity index (χ3n) is 6.17. The van der Waals surface area contributed by atoms with Crippen molar-refractivity contribution in [1.82, 2.24) is 0 Å². The molecule has 3 aliphatic rings. The van der Waals surface area contributed by atoms with Crippen LogP contribution in [0.15, 0.2) is 70.3 Å². The Balaban J connectivity index is 1.70. The van der Waals surface area contributed by atoms with Gasteiger partial charge in [-0.05, 0) is 52.5 Å². The van der Waals surface area contributed by atoms with Crippen molar-refractivity contribution in [2.75, 3.05) is 0 Å². The molecule has 1 aliphatic heterocycles. The molecule has 0 N–H and O–H groups in total. The number of aliphatic imine (C=N–C) groups is 1. The normalized spacial score (nSPS) is 24.2. The molecular weight excluding hydrogens is 342 g/mol. The number of nitrogens with zero attached hydrogens (tertiary/aromatic N) is 1. The Labute approximate surface area is 168 Å². The first-order chi connectivity index (χ1) is 13.5. The second-order valence-electron chi connectivity index (χ2n) is 9.05. The van der Waals surface area contributed by atoms with Crippen LogP contribution < -0.4 is 0 Å². The molecule has 144 valence electrons. The van der Waals surface area contributed by atoms with E-state index in [2.05, 4.69) is 75.6 Å². The smallest absolute Gasteiger partial charge is 0.146 e. The summed E-state index contributed by atoms with van der Waals surface area (Å²) >= 11 is 0. The summed E-state index contributed by atoms with van der Waals surface area (Å²) in [5, 5.41) is 0. The van der Waals surface area contributed by atoms with Crippen molar-refractivity contribution in [2.45, 2.75) is 58.4 Å². The summed E-state index contributed by atoms with van der Waals surface area (Å²) in [5.74, 6) is 0.0555. The van der Waals surface area contributed by atoms with Gasteiger partial charge in [-0.15, -0.1) is 0 Å². The van der Waals surface area contributed by atoms with Crippen LogP contribution in [0.4, 0.5) is 0 Å². The fraction of sp³-hybridized carbons (Fsp3) is 0.385. The van der Waals surface area contributed by atoms with Gasteiger partial charge in [0.2, 0.25) is 0 Å². The van der Waals surface area contributed by atoms with E-state index in [1.807, 2.05) is 0 Å². The minimum Gasteiger partial charge on any atom is -0.298 e. The zero-order valence-electron chi connectivity index (χ0n) is 17.1. The number of hydrogen-bond donors (Lipinski definition) is 0. The molecule has 1 aromatic carbocycles. The van der Waals surface area contributed by atoms with Crippen LogP contribution in [-0.2, 0) is 11.2 Å². The van der Waals surface area contributed by atoms with Gasteiger partial charge in [-0.2, -0.15) is 0 Å². The highest BCUT2D eigenvalue weighted by Gasteiger charge is 2.27. The van der Waals surface area contributed by atoms with E-state index in [1.165, 1.54) is 27.8 Å². The van der Waals surface area contributed by atoms with Crippen molar-refractivity contribution in [2.24, 2.45) is 10.4 Å². The largest absolute Gasteiger partial charge is 0.298 e. The Morgan fingerprint density at radius 2 is 2.04 bits per heavy atom. The molecular formula is C26H29NO. The van der Waals surface area contributed by atoms with Crippen LogP contribution in [0.3, 0.4) is 0 Å². The molecule has 0 bridgehead atoms. The van der Waals surface area contributed by atoms with Gasteiger partial charge in [-0.1, -0.05) is 74.9 Å². The van der Waals surface area contributed by atoms with Gasteiger partial charge in [-0.3, -0.25) is 9.79 Å². The number of rotatable bonds is 3. The highest BCUT2D eigenvalue weighted by Crippen LogP contribution is 2.41. The Morgan fingerprint density at radius 1 is 1.18 bits per heavy atom. The van der Waals surface area contributed by atoms with E-state index < -0.39 is 0 Å². The summed E-state index contributed by atoms with van der Waals surface area (Å²) in [6.07, 6.45) is 18.0. The van der Waals surface area contributed by atoms with E-state index >= 15 is 0 Å². The molecule has 0 aromatic heterocycles. The van der Waals surface area contributed by atoms with Crippen molar-refractivity contribution in [3.05, 3.63) is 82.0 Å². The van der Waals surface area contributed by atoms with Crippen LogP contribution in [0.25, 0.3) is 0 Å². The van der Waals surface area contributed by atoms with Crippen LogP contribution in [0.5, 0.6) is 0 Å². The number of carbonyl (C=O) groups excluding carboxylic acids is 1. The van der Waals surface area contributed by atoms with Crippen LogP contribution in [0.1, 0.15) is 68.7 Å². The van der Waals surface area contributed by atoms with Gasteiger partial charge in [0.25, 0.3) is 0 Å². The fourth-order valence-electron chi connectivity index (χ4n) is 4.43. The molecule has 0 spiro atoms. The maximum Gasteiger partial charge on any atom is 0.146 e. The van der Waals surface area contributed by atoms with Crippen molar-refractivity contribution in [3.63, 3.8) is 0 Å². The van der Waals surface area contributed by atoms with Crippen molar-refractivity contribution in [1.29, 1.82) is 0 Å². The summed E-state index contributed by atoms with van der Waals surface area (Å²) in [7, 11) is 0. The minimum atomic E-state index is 0.0555. The van der Waals surface area contributed by atoms with Gasteiger partial charge in [0.15, 0.2) is 0 Å². The second-order valence-corrected chi connectivity index (χ2v) is 9.05. The maximum atomic E-state index is 11.7. The monoisotopic (exact) mass is 371 g/mol. The zero-order chi connectivity index (χ0) is 19.7. The standard InChI is InChI=1S/C26H29NO/c1-26(2,3)22-11-9-21(17-28)24(16-22)19-10-12-23-20(15-19)13-14-27-25(23)18-7-5-4-6-8-18/h4-5,7,9-10,12,14-17,24-25H,6,8,11,13H2,1-3H3. The average Bonchev–Trinajstić information content (AvgIpc) is 2.72. The molecule has 2 heteroatoms. The first kappa shape index (κ1) is 18.9. The highest BCUT2D eigenvalue weighted by molar-refractivity contribution is 5.78. The van der Waals surface area contributed by atoms with Crippen molar-refractivity contribution < 1.29 is 4.79 Å². The van der Waals surface area contributed by atoms with E-state index in [0.717, 1.165) is 37.5 Å². The molecule has 2 aliphatic carbocycles. The van der Waals surface area contributed by atoms with E-state index in [-0.39, 0.29) is 17.4 Å². The predicted molar refractivity (Wildman–Crippen MR) is 117 cm³/mol. The minimum absolute atomic E-state index is 0.0555. The molecule has 0 saturated carbocycles. The summed E-state index contributed by atoms with van der Waals surface area (Å²) in [6.45, 7) is 6.74. The Morgan fingerprint density at radius 3 is 2.75 bits per heavy atom. The molecule has 2 atom stereocenters. The summed E-state index contributed by atoms with van der Waals surface area (Å²) in [4.78, 5) is 16.5. The van der Waals surface area contributed by atoms with Crippen LogP contribution in [0, 0.1) is 5.41 Å². The number of benzene rings is 1. The third-order valence-corrected chi connectivity index (χ3v) is 6.17. The number of allylic oxidation sites excluding steroid dienone is 7. The lowest BCUT2D eigenvalue weighted by Crippen LogP contribution is -2.16. The average molecular weight is 372 g/mol. The predicted octanol–water partition coefficient (Wildman–Crippen LogP) is 6.22. The Kier molecular flexibility index (Phi) is 5.05. The maximum absolute atomic E-state index is 11.7. The quantitative estimate of drug-likeness (QED) is 0.458. The number of fused-ring (bicyclic) bond motifs is 1. The zero-order valence-corrected chi connectivity index (χ0v) is 17.1. The summed E-state index contributed by atoms with van der Waals surface area (Å²) in [6, 6.07) is 6.90. The number of aldehydes is 1. The SMILES string of the molecule is CC(C)(C)C1=CC(c2ccc3c(c2)CC=NC3C2=CC=CCC2)C(C=O)=CC1. The molecule has 0 fully saturated rings. The molecule has 2 unspecified atom stereocenters. The van der Waals surface area contributed by atoms with Crippen molar-refractivity contribution >= 4 is 12.5 Å². The Bertz CT molecular complexity index is 934. The van der Waals surface area contributed by atoms with Gasteiger partial charge in [0.05, 0.1) is 6.04 Å². The van der Waals surface area contributed by atoms with E-state index in [0.29, 0.717) is 0 Å². The van der Waals surface area contributed by atoms with Gasteiger partial charge >= 0.3 is 0 Å². The third kappa shape index (κ3) is 3.61. The van der Waals surface area contributed by atoms with Gasteiger partial charge < -0.3 is 0 Å². The lowest BCUT2D eigenvalue weighted by molar-refractivity contribution is -0.105. The molecule has 2 nitrogen and oxygen atoms in total. The van der Waals surface area contributed by atoms with E-state index in [9.17, 15) is 4.79 Å². The van der Waals surface area contributed by atoms with Gasteiger partial charge in [0, 0.05) is 18.6 Å². The van der Waals surface area contributed by atoms with E-state index in [4.69, 9.17) is 4.99 Å². The van der Waals surface area contributed by atoms with Crippen molar-refractivity contribution in [3.8, 4) is 0 Å². The lowest BCUT2D eigenvalue weighted by Gasteiger charge is -2.30. The highest BCUT2D eigenvalue weighted by atomic mass is 16.1.